The molecule has 0 radical (unpaired) electrons. The van der Waals surface area contributed by atoms with Gasteiger partial charge in [0.05, 0.1) is 32.4 Å². The number of carbonyl (C=O) groups excluding carboxylic acids is 1. The molecule has 1 fully saturated rings. The number of hydroxylamine groups is 2. The third-order valence-corrected chi connectivity index (χ3v) is 3.85. The molecule has 6 nitrogen and oxygen atoms in total. The van der Waals surface area contributed by atoms with Gasteiger partial charge in [0.15, 0.2) is 0 Å². The van der Waals surface area contributed by atoms with Crippen LogP contribution in [0.5, 0.6) is 0 Å². The van der Waals surface area contributed by atoms with Crippen LogP contribution in [-0.2, 0) is 14.4 Å². The molecule has 134 valence electrons. The van der Waals surface area contributed by atoms with Gasteiger partial charge < -0.3 is 19.8 Å². The predicted octanol–water partition coefficient (Wildman–Crippen LogP) is 1.81. The highest BCUT2D eigenvalue weighted by Gasteiger charge is 2.17. The van der Waals surface area contributed by atoms with Crippen molar-refractivity contribution in [3.8, 4) is 0 Å². The van der Waals surface area contributed by atoms with Crippen LogP contribution in [0.15, 0.2) is 11.6 Å². The fourth-order valence-electron chi connectivity index (χ4n) is 2.44. The molecule has 1 heterocycles. The van der Waals surface area contributed by atoms with Crippen LogP contribution in [-0.4, -0.2) is 60.3 Å². The Bertz CT molecular complexity index is 353. The quantitative estimate of drug-likeness (QED) is 0.444. The number of carbonyl (C=O) groups is 1. The zero-order valence-corrected chi connectivity index (χ0v) is 14.2. The van der Waals surface area contributed by atoms with Gasteiger partial charge in [0.2, 0.25) is 0 Å². The van der Waals surface area contributed by atoms with Crippen LogP contribution in [0.2, 0.25) is 0 Å². The number of unbranched alkanes of at least 4 members (excludes halogenated alkanes) is 5. The number of aliphatic hydroxyl groups excluding tert-OH is 2. The summed E-state index contributed by atoms with van der Waals surface area (Å²) in [7, 11) is 0. The molecular weight excluding hydrogens is 298 g/mol. The van der Waals surface area contributed by atoms with Gasteiger partial charge in [0, 0.05) is 12.2 Å². The van der Waals surface area contributed by atoms with E-state index in [4.69, 9.17) is 14.7 Å². The average molecular weight is 329 g/mol. The summed E-state index contributed by atoms with van der Waals surface area (Å²) in [5.41, 5.74) is 0.437. The molecule has 1 unspecified atom stereocenters. The Kier molecular flexibility index (Phi) is 10.9. The van der Waals surface area contributed by atoms with Gasteiger partial charge in [-0.05, 0) is 25.8 Å². The number of morpholine rings is 1. The van der Waals surface area contributed by atoms with E-state index in [1.54, 1.807) is 18.1 Å². The Morgan fingerprint density at radius 3 is 2.43 bits per heavy atom. The van der Waals surface area contributed by atoms with Crippen LogP contribution >= 0.6 is 0 Å². The molecule has 1 saturated heterocycles. The summed E-state index contributed by atoms with van der Waals surface area (Å²) in [5.74, 6) is -0.407. The predicted molar refractivity (Wildman–Crippen MR) is 87.7 cm³/mol. The maximum absolute atomic E-state index is 11.9. The molecule has 0 amide bonds. The normalized spacial score (nSPS) is 18.0. The maximum Gasteiger partial charge on any atom is 0.352 e. The molecule has 0 aromatic rings. The third kappa shape index (κ3) is 9.71. The van der Waals surface area contributed by atoms with Crippen molar-refractivity contribution in [1.82, 2.24) is 5.06 Å². The lowest BCUT2D eigenvalue weighted by atomic mass is 10.1. The van der Waals surface area contributed by atoms with Gasteiger partial charge in [0.25, 0.3) is 0 Å². The van der Waals surface area contributed by atoms with E-state index in [1.807, 2.05) is 0 Å². The van der Waals surface area contributed by atoms with Crippen molar-refractivity contribution < 1.29 is 24.6 Å². The summed E-state index contributed by atoms with van der Waals surface area (Å²) in [5, 5.41) is 20.3. The second-order valence-electron chi connectivity index (χ2n) is 5.97. The van der Waals surface area contributed by atoms with Crippen molar-refractivity contribution in [2.24, 2.45) is 0 Å². The first-order valence-corrected chi connectivity index (χ1v) is 8.66. The van der Waals surface area contributed by atoms with E-state index >= 15 is 0 Å². The molecule has 0 bridgehead atoms. The third-order valence-electron chi connectivity index (χ3n) is 3.85. The second kappa shape index (κ2) is 12.5. The highest BCUT2D eigenvalue weighted by Crippen LogP contribution is 2.11. The summed E-state index contributed by atoms with van der Waals surface area (Å²) >= 11 is 0. The van der Waals surface area contributed by atoms with E-state index < -0.39 is 12.1 Å². The lowest BCUT2D eigenvalue weighted by molar-refractivity contribution is -0.200. The minimum atomic E-state index is -0.607. The molecule has 1 atom stereocenters. The molecule has 1 aliphatic heterocycles. The van der Waals surface area contributed by atoms with Gasteiger partial charge in [-0.15, -0.1) is 5.06 Å². The summed E-state index contributed by atoms with van der Waals surface area (Å²) < 4.78 is 5.19. The van der Waals surface area contributed by atoms with Crippen molar-refractivity contribution in [1.29, 1.82) is 0 Å². The molecule has 0 saturated carbocycles. The molecule has 2 N–H and O–H groups in total. The van der Waals surface area contributed by atoms with Gasteiger partial charge in [0.1, 0.15) is 0 Å². The number of rotatable bonds is 11. The van der Waals surface area contributed by atoms with Crippen LogP contribution in [0.25, 0.3) is 0 Å². The van der Waals surface area contributed by atoms with E-state index in [2.05, 4.69) is 0 Å². The number of ether oxygens (including phenoxy) is 1. The zero-order chi connectivity index (χ0) is 16.9. The summed E-state index contributed by atoms with van der Waals surface area (Å²) in [4.78, 5) is 17.2. The molecule has 23 heavy (non-hydrogen) atoms. The lowest BCUT2D eigenvalue weighted by Gasteiger charge is -2.25. The molecule has 6 heteroatoms. The number of hydrogen-bond donors (Lipinski definition) is 2. The van der Waals surface area contributed by atoms with Gasteiger partial charge in [-0.25, -0.2) is 4.79 Å². The fourth-order valence-corrected chi connectivity index (χ4v) is 2.44. The first-order chi connectivity index (χ1) is 11.1. The molecular formula is C17H31NO5. The summed E-state index contributed by atoms with van der Waals surface area (Å²) in [6.07, 6.45) is 7.80. The monoisotopic (exact) mass is 329 g/mol. The van der Waals surface area contributed by atoms with E-state index in [9.17, 15) is 9.90 Å². The molecule has 0 aromatic carbocycles. The Morgan fingerprint density at radius 1 is 1.17 bits per heavy atom. The lowest BCUT2D eigenvalue weighted by Crippen LogP contribution is -2.38. The Balaban J connectivity index is 2.15. The molecule has 0 aromatic heterocycles. The molecule has 1 aliphatic rings. The van der Waals surface area contributed by atoms with Gasteiger partial charge in [-0.2, -0.15) is 0 Å². The van der Waals surface area contributed by atoms with Crippen LogP contribution in [0.4, 0.5) is 0 Å². The largest absolute Gasteiger partial charge is 0.396 e. The smallest absolute Gasteiger partial charge is 0.352 e. The van der Waals surface area contributed by atoms with Crippen molar-refractivity contribution in [3.63, 3.8) is 0 Å². The first-order valence-electron chi connectivity index (χ1n) is 8.66. The standard InChI is InChI=1S/C17H31NO5/c1-15(17(21)23-18-9-12-22-13-10-18)14-16(20)8-6-4-2-3-5-7-11-19/h14,16,19-20H,2-13H2,1H3. The average Bonchev–Trinajstić information content (AvgIpc) is 2.55. The van der Waals surface area contributed by atoms with Gasteiger partial charge in [-0.1, -0.05) is 32.1 Å². The van der Waals surface area contributed by atoms with E-state index in [0.29, 0.717) is 38.3 Å². The van der Waals surface area contributed by atoms with Crippen molar-refractivity contribution >= 4 is 5.97 Å². The van der Waals surface area contributed by atoms with Gasteiger partial charge in [-0.3, -0.25) is 0 Å². The van der Waals surface area contributed by atoms with Crippen molar-refractivity contribution in [2.45, 2.75) is 58.0 Å². The minimum Gasteiger partial charge on any atom is -0.396 e. The van der Waals surface area contributed by atoms with Crippen LogP contribution in [0, 0.1) is 0 Å². The molecule has 0 spiro atoms. The fraction of sp³-hybridized carbons (Fsp3) is 0.824. The maximum atomic E-state index is 11.9. The topological polar surface area (TPSA) is 79.2 Å². The van der Waals surface area contributed by atoms with E-state index in [1.165, 1.54) is 0 Å². The first kappa shape index (κ1) is 20.1. The van der Waals surface area contributed by atoms with Crippen LogP contribution in [0.3, 0.4) is 0 Å². The highest BCUT2D eigenvalue weighted by atomic mass is 16.7. The zero-order valence-electron chi connectivity index (χ0n) is 14.2. The highest BCUT2D eigenvalue weighted by molar-refractivity contribution is 5.87. The SMILES string of the molecule is CC(=CC(O)CCCCCCCCO)C(=O)ON1CCOCC1. The number of aliphatic hydroxyl groups is 2. The van der Waals surface area contributed by atoms with Crippen molar-refractivity contribution in [2.75, 3.05) is 32.9 Å². The van der Waals surface area contributed by atoms with Gasteiger partial charge >= 0.3 is 5.97 Å². The Labute approximate surface area is 139 Å². The van der Waals surface area contributed by atoms with Crippen molar-refractivity contribution in [3.05, 3.63) is 11.6 Å². The summed E-state index contributed by atoms with van der Waals surface area (Å²) in [6.45, 7) is 4.23. The Hall–Kier alpha value is -0.950. The minimum absolute atomic E-state index is 0.267. The number of hydrogen-bond acceptors (Lipinski definition) is 6. The van der Waals surface area contributed by atoms with Crippen LogP contribution < -0.4 is 0 Å². The Morgan fingerprint density at radius 2 is 1.78 bits per heavy atom. The van der Waals surface area contributed by atoms with E-state index in [0.717, 1.165) is 38.5 Å². The number of nitrogens with zero attached hydrogens (tertiary/aromatic N) is 1. The van der Waals surface area contributed by atoms with E-state index in [-0.39, 0.29) is 6.61 Å². The summed E-state index contributed by atoms with van der Waals surface area (Å²) in [6, 6.07) is 0. The molecule has 0 aliphatic carbocycles. The second-order valence-corrected chi connectivity index (χ2v) is 5.97. The molecule has 1 rings (SSSR count). The van der Waals surface area contributed by atoms with Crippen LogP contribution in [0.1, 0.15) is 51.9 Å².